The normalized spacial score (nSPS) is 9.56. The van der Waals surface area contributed by atoms with Gasteiger partial charge in [-0.2, -0.15) is 0 Å². The van der Waals surface area contributed by atoms with Gasteiger partial charge in [0.25, 0.3) is 0 Å². The fourth-order valence-electron chi connectivity index (χ4n) is 0.390. The molecule has 0 amide bonds. The Morgan fingerprint density at radius 2 is 2.33 bits per heavy atom. The van der Waals surface area contributed by atoms with Gasteiger partial charge in [0.15, 0.2) is 5.78 Å². The van der Waals surface area contributed by atoms with Crippen LogP contribution in [0.15, 0.2) is 0 Å². The van der Waals surface area contributed by atoms with Crippen molar-refractivity contribution in [1.82, 2.24) is 5.32 Å². The van der Waals surface area contributed by atoms with Crippen molar-refractivity contribution in [3.63, 3.8) is 0 Å². The number of likely N-dealkylation sites (N-methyl/N-ethyl adjacent to an activating group) is 1. The molecule has 3 heteroatoms. The SMILES string of the molecule is CNCCOCC(C)=O. The topological polar surface area (TPSA) is 38.3 Å². The summed E-state index contributed by atoms with van der Waals surface area (Å²) in [5, 5.41) is 2.91. The van der Waals surface area contributed by atoms with Crippen LogP contribution < -0.4 is 5.32 Å². The zero-order chi connectivity index (χ0) is 7.11. The molecule has 0 aliphatic heterocycles. The van der Waals surface area contributed by atoms with E-state index in [1.54, 1.807) is 0 Å². The number of Topliss-reactive ketones (excluding diaryl/α,β-unsaturated/α-hetero) is 1. The molecule has 0 unspecified atom stereocenters. The standard InChI is InChI=1S/C6H13NO2/c1-6(8)5-9-4-3-7-2/h7H,3-5H2,1-2H3. The summed E-state index contributed by atoms with van der Waals surface area (Å²) < 4.78 is 4.92. The quantitative estimate of drug-likeness (QED) is 0.526. The lowest BCUT2D eigenvalue weighted by Gasteiger charge is -1.98. The average molecular weight is 131 g/mol. The summed E-state index contributed by atoms with van der Waals surface area (Å²) in [6.45, 7) is 3.16. The van der Waals surface area contributed by atoms with Gasteiger partial charge in [-0.15, -0.1) is 0 Å². The van der Waals surface area contributed by atoms with Crippen molar-refractivity contribution in [2.45, 2.75) is 6.92 Å². The lowest BCUT2D eigenvalue weighted by Crippen LogP contribution is -2.16. The molecule has 0 saturated heterocycles. The summed E-state index contributed by atoms with van der Waals surface area (Å²) in [6, 6.07) is 0. The maximum Gasteiger partial charge on any atom is 0.155 e. The molecule has 1 N–H and O–H groups in total. The molecule has 0 rings (SSSR count). The number of carbonyl (C=O) groups excluding carboxylic acids is 1. The predicted octanol–water partition coefficient (Wildman–Crippen LogP) is -0.189. The van der Waals surface area contributed by atoms with Crippen molar-refractivity contribution < 1.29 is 9.53 Å². The van der Waals surface area contributed by atoms with E-state index in [-0.39, 0.29) is 12.4 Å². The molecular weight excluding hydrogens is 118 g/mol. The number of carbonyl (C=O) groups is 1. The van der Waals surface area contributed by atoms with Gasteiger partial charge in [0.2, 0.25) is 0 Å². The minimum absolute atomic E-state index is 0.0751. The molecule has 54 valence electrons. The number of rotatable bonds is 5. The molecule has 0 fully saturated rings. The van der Waals surface area contributed by atoms with Crippen LogP contribution in [0.5, 0.6) is 0 Å². The van der Waals surface area contributed by atoms with E-state index < -0.39 is 0 Å². The number of hydrogen-bond acceptors (Lipinski definition) is 3. The van der Waals surface area contributed by atoms with Crippen LogP contribution in [0.25, 0.3) is 0 Å². The lowest BCUT2D eigenvalue weighted by atomic mass is 10.5. The Bertz CT molecular complexity index is 83.1. The second kappa shape index (κ2) is 5.72. The third-order valence-corrected chi connectivity index (χ3v) is 0.802. The highest BCUT2D eigenvalue weighted by Crippen LogP contribution is 1.73. The van der Waals surface area contributed by atoms with Gasteiger partial charge in [0, 0.05) is 6.54 Å². The Morgan fingerprint density at radius 1 is 1.67 bits per heavy atom. The first-order valence-electron chi connectivity index (χ1n) is 2.99. The molecular formula is C6H13NO2. The van der Waals surface area contributed by atoms with Crippen molar-refractivity contribution in [2.75, 3.05) is 26.8 Å². The highest BCUT2D eigenvalue weighted by molar-refractivity contribution is 5.76. The molecule has 3 nitrogen and oxygen atoms in total. The van der Waals surface area contributed by atoms with Crippen LogP contribution in [0.3, 0.4) is 0 Å². The molecule has 0 aliphatic carbocycles. The Labute approximate surface area is 55.4 Å². The van der Waals surface area contributed by atoms with E-state index in [1.807, 2.05) is 7.05 Å². The largest absolute Gasteiger partial charge is 0.372 e. The molecule has 0 aromatic rings. The fourth-order valence-corrected chi connectivity index (χ4v) is 0.390. The highest BCUT2D eigenvalue weighted by atomic mass is 16.5. The smallest absolute Gasteiger partial charge is 0.155 e. The zero-order valence-corrected chi connectivity index (χ0v) is 5.94. The highest BCUT2D eigenvalue weighted by Gasteiger charge is 1.89. The summed E-state index contributed by atoms with van der Waals surface area (Å²) in [4.78, 5) is 10.3. The Hall–Kier alpha value is -0.410. The van der Waals surface area contributed by atoms with Crippen molar-refractivity contribution in [3.8, 4) is 0 Å². The number of nitrogens with one attached hydrogen (secondary N) is 1. The van der Waals surface area contributed by atoms with E-state index in [0.717, 1.165) is 6.54 Å². The molecule has 9 heavy (non-hydrogen) atoms. The average Bonchev–Trinajstić information content (AvgIpc) is 1.80. The van der Waals surface area contributed by atoms with Crippen molar-refractivity contribution in [1.29, 1.82) is 0 Å². The van der Waals surface area contributed by atoms with Gasteiger partial charge < -0.3 is 10.1 Å². The minimum atomic E-state index is 0.0751. The molecule has 0 radical (unpaired) electrons. The van der Waals surface area contributed by atoms with Crippen molar-refractivity contribution in [3.05, 3.63) is 0 Å². The Morgan fingerprint density at radius 3 is 2.78 bits per heavy atom. The fraction of sp³-hybridized carbons (Fsp3) is 0.833. The van der Waals surface area contributed by atoms with E-state index in [1.165, 1.54) is 6.92 Å². The molecule has 0 aromatic carbocycles. The van der Waals surface area contributed by atoms with E-state index in [2.05, 4.69) is 5.32 Å². The molecule has 0 heterocycles. The molecule has 0 atom stereocenters. The number of ketones is 1. The second-order valence-corrected chi connectivity index (χ2v) is 1.86. The maximum absolute atomic E-state index is 10.3. The minimum Gasteiger partial charge on any atom is -0.372 e. The van der Waals surface area contributed by atoms with E-state index >= 15 is 0 Å². The van der Waals surface area contributed by atoms with Gasteiger partial charge in [-0.1, -0.05) is 0 Å². The molecule has 0 aliphatic rings. The van der Waals surface area contributed by atoms with Gasteiger partial charge in [0.1, 0.15) is 6.61 Å². The van der Waals surface area contributed by atoms with Crippen LogP contribution in [0, 0.1) is 0 Å². The van der Waals surface area contributed by atoms with Gasteiger partial charge in [-0.25, -0.2) is 0 Å². The molecule has 0 spiro atoms. The maximum atomic E-state index is 10.3. The summed E-state index contributed by atoms with van der Waals surface area (Å²) in [5.74, 6) is 0.0751. The van der Waals surface area contributed by atoms with Gasteiger partial charge in [0.05, 0.1) is 6.61 Å². The Balaban J connectivity index is 2.83. The first kappa shape index (κ1) is 8.59. The first-order chi connectivity index (χ1) is 4.27. The lowest BCUT2D eigenvalue weighted by molar-refractivity contribution is -0.121. The van der Waals surface area contributed by atoms with E-state index in [9.17, 15) is 4.79 Å². The Kier molecular flexibility index (Phi) is 5.46. The first-order valence-corrected chi connectivity index (χ1v) is 2.99. The molecule has 0 bridgehead atoms. The van der Waals surface area contributed by atoms with Crippen LogP contribution >= 0.6 is 0 Å². The summed E-state index contributed by atoms with van der Waals surface area (Å²) >= 11 is 0. The van der Waals surface area contributed by atoms with Crippen LogP contribution in [0.4, 0.5) is 0 Å². The van der Waals surface area contributed by atoms with Gasteiger partial charge in [-0.05, 0) is 14.0 Å². The van der Waals surface area contributed by atoms with Crippen LogP contribution in [0.1, 0.15) is 6.92 Å². The van der Waals surface area contributed by atoms with E-state index in [4.69, 9.17) is 4.74 Å². The van der Waals surface area contributed by atoms with Crippen LogP contribution in [-0.2, 0) is 9.53 Å². The summed E-state index contributed by atoms with van der Waals surface area (Å²) in [6.07, 6.45) is 0. The predicted molar refractivity (Wildman–Crippen MR) is 35.4 cm³/mol. The van der Waals surface area contributed by atoms with Crippen molar-refractivity contribution in [2.24, 2.45) is 0 Å². The summed E-state index contributed by atoms with van der Waals surface area (Å²) in [5.41, 5.74) is 0. The van der Waals surface area contributed by atoms with Crippen LogP contribution in [0.2, 0.25) is 0 Å². The van der Waals surface area contributed by atoms with Gasteiger partial charge in [-0.3, -0.25) is 4.79 Å². The number of hydrogen-bond donors (Lipinski definition) is 1. The van der Waals surface area contributed by atoms with E-state index in [0.29, 0.717) is 6.61 Å². The zero-order valence-electron chi connectivity index (χ0n) is 5.94. The number of ether oxygens (including phenoxy) is 1. The monoisotopic (exact) mass is 131 g/mol. The third kappa shape index (κ3) is 7.59. The summed E-state index contributed by atoms with van der Waals surface area (Å²) in [7, 11) is 1.84. The van der Waals surface area contributed by atoms with Crippen molar-refractivity contribution >= 4 is 5.78 Å². The van der Waals surface area contributed by atoms with Gasteiger partial charge >= 0.3 is 0 Å². The van der Waals surface area contributed by atoms with Crippen LogP contribution in [-0.4, -0.2) is 32.6 Å². The molecule has 0 aromatic heterocycles. The third-order valence-electron chi connectivity index (χ3n) is 0.802. The molecule has 0 saturated carbocycles. The second-order valence-electron chi connectivity index (χ2n) is 1.86.